The van der Waals surface area contributed by atoms with E-state index in [-0.39, 0.29) is 6.08 Å². The van der Waals surface area contributed by atoms with Crippen molar-refractivity contribution in [3.05, 3.63) is 0 Å². The van der Waals surface area contributed by atoms with Gasteiger partial charge in [0, 0.05) is 7.05 Å². The van der Waals surface area contributed by atoms with Crippen LogP contribution in [0.3, 0.4) is 0 Å². The van der Waals surface area contributed by atoms with Crippen LogP contribution in [0.5, 0.6) is 0 Å². The quantitative estimate of drug-likeness (QED) is 0.374. The number of hydrogen-bond donors (Lipinski definition) is 0. The van der Waals surface area contributed by atoms with E-state index in [2.05, 4.69) is 4.99 Å². The van der Waals surface area contributed by atoms with Crippen LogP contribution in [0.2, 0.25) is 0 Å². The number of rotatable bonds is 0. The molecule has 46 valence electrons. The molecule has 0 aromatic carbocycles. The summed E-state index contributed by atoms with van der Waals surface area (Å²) in [6.07, 6.45) is 0.0255. The highest BCUT2D eigenvalue weighted by atomic mass is 16.7. The summed E-state index contributed by atoms with van der Waals surface area (Å²) in [4.78, 5) is 3.57. The lowest BCUT2D eigenvalue weighted by atomic mass is 9.57. The molecule has 3 nitrogen and oxygen atoms in total. The first-order valence-electron chi connectivity index (χ1n) is 2.72. The van der Waals surface area contributed by atoms with Crippen LogP contribution < -0.4 is 0 Å². The fourth-order valence-electron chi connectivity index (χ4n) is 0.532. The fourth-order valence-corrected chi connectivity index (χ4v) is 0.532. The second-order valence-corrected chi connectivity index (χ2v) is 1.98. The lowest BCUT2D eigenvalue weighted by Gasteiger charge is -2.19. The minimum Gasteiger partial charge on any atom is -0.462 e. The monoisotopic (exact) mass is 131 g/mol. The Hall–Kier alpha value is -0.535. The minimum atomic E-state index is -1.45. The second-order valence-electron chi connectivity index (χ2n) is 1.98. The van der Waals surface area contributed by atoms with Gasteiger partial charge in [-0.05, 0) is 0 Å². The Labute approximate surface area is 63.4 Å². The van der Waals surface area contributed by atoms with Crippen molar-refractivity contribution in [1.29, 1.82) is 0 Å². The average Bonchev–Trinajstić information content (AvgIpc) is 2.08. The Morgan fingerprint density at radius 2 is 2.20 bits per heavy atom. The number of aliphatic imine (C=N–C) groups is 1. The zero-order valence-corrected chi connectivity index (χ0v) is 5.57. The molecule has 1 aliphatic rings. The molecule has 0 aliphatic carbocycles. The van der Waals surface area contributed by atoms with Gasteiger partial charge in [-0.2, -0.15) is 0 Å². The first-order chi connectivity index (χ1) is 4.56. The molecule has 1 aliphatic heterocycles. The standard InChI is InChI=1S/C4H4B3NO2/c1-8-3-9-2(5)4(6,7)10-3/h2H,1H3. The van der Waals surface area contributed by atoms with E-state index in [1.807, 2.05) is 0 Å². The summed E-state index contributed by atoms with van der Waals surface area (Å²) in [5.74, 6) is 0. The summed E-state index contributed by atoms with van der Waals surface area (Å²) in [7, 11) is 17.4. The predicted octanol–water partition coefficient (Wildman–Crippen LogP) is -1.50. The molecule has 6 radical (unpaired) electrons. The van der Waals surface area contributed by atoms with Crippen LogP contribution in [0, 0.1) is 0 Å². The molecule has 10 heavy (non-hydrogen) atoms. The summed E-state index contributed by atoms with van der Waals surface area (Å²) in [5, 5.41) is -1.45. The minimum absolute atomic E-state index is 0.0255. The third-order valence-electron chi connectivity index (χ3n) is 1.12. The number of nitrogens with zero attached hydrogens (tertiary/aromatic N) is 1. The van der Waals surface area contributed by atoms with Crippen molar-refractivity contribution in [3.8, 4) is 0 Å². The van der Waals surface area contributed by atoms with Crippen molar-refractivity contribution >= 4 is 29.6 Å². The van der Waals surface area contributed by atoms with Gasteiger partial charge in [-0.1, -0.05) is 0 Å². The lowest BCUT2D eigenvalue weighted by Crippen LogP contribution is -2.41. The maximum atomic E-state index is 5.31. The Bertz CT molecular complexity index is 170. The Morgan fingerprint density at radius 1 is 1.60 bits per heavy atom. The lowest BCUT2D eigenvalue weighted by molar-refractivity contribution is 0.250. The molecule has 0 amide bonds. The van der Waals surface area contributed by atoms with Crippen LogP contribution in [-0.4, -0.2) is 48.1 Å². The molecule has 0 saturated carbocycles. The van der Waals surface area contributed by atoms with E-state index in [9.17, 15) is 0 Å². The molecule has 0 aromatic heterocycles. The molecule has 1 unspecified atom stereocenters. The van der Waals surface area contributed by atoms with E-state index in [0.717, 1.165) is 0 Å². The summed E-state index contributed by atoms with van der Waals surface area (Å²) < 4.78 is 9.55. The van der Waals surface area contributed by atoms with Gasteiger partial charge in [-0.25, -0.2) is 4.99 Å². The third-order valence-corrected chi connectivity index (χ3v) is 1.12. The molecule has 0 bridgehead atoms. The van der Waals surface area contributed by atoms with Gasteiger partial charge in [0.25, 0.3) is 0 Å². The number of ether oxygens (including phenoxy) is 2. The van der Waals surface area contributed by atoms with Gasteiger partial charge < -0.3 is 9.47 Å². The van der Waals surface area contributed by atoms with Crippen molar-refractivity contribution in [1.82, 2.24) is 0 Å². The van der Waals surface area contributed by atoms with E-state index in [0.29, 0.717) is 0 Å². The van der Waals surface area contributed by atoms with Crippen LogP contribution in [0.25, 0.3) is 0 Å². The Kier molecular flexibility index (Phi) is 1.71. The zero-order chi connectivity index (χ0) is 7.78. The largest absolute Gasteiger partial charge is 0.462 e. The van der Waals surface area contributed by atoms with Crippen LogP contribution in [0.4, 0.5) is 0 Å². The first-order valence-corrected chi connectivity index (χ1v) is 2.72. The molecule has 0 N–H and O–H groups in total. The van der Waals surface area contributed by atoms with Gasteiger partial charge in [0.15, 0.2) is 0 Å². The SMILES string of the molecule is [B]C1OC(=NC)OC1([B])[B]. The highest BCUT2D eigenvalue weighted by Crippen LogP contribution is 2.17. The van der Waals surface area contributed by atoms with Crippen molar-refractivity contribution in [3.63, 3.8) is 0 Å². The summed E-state index contributed by atoms with van der Waals surface area (Å²) in [6.45, 7) is 0. The molecule has 1 rings (SSSR count). The van der Waals surface area contributed by atoms with E-state index >= 15 is 0 Å². The predicted molar refractivity (Wildman–Crippen MR) is 39.3 cm³/mol. The molecule has 6 heteroatoms. The summed E-state index contributed by atoms with van der Waals surface area (Å²) in [5.41, 5.74) is 0. The van der Waals surface area contributed by atoms with E-state index in [4.69, 9.17) is 33.0 Å². The Morgan fingerprint density at radius 3 is 2.40 bits per heavy atom. The molecule has 0 aromatic rings. The van der Waals surface area contributed by atoms with Gasteiger partial charge in [-0.15, -0.1) is 0 Å². The first kappa shape index (κ1) is 7.57. The van der Waals surface area contributed by atoms with Crippen molar-refractivity contribution < 1.29 is 9.47 Å². The van der Waals surface area contributed by atoms with E-state index in [1.54, 1.807) is 0 Å². The van der Waals surface area contributed by atoms with Crippen LogP contribution >= 0.6 is 0 Å². The van der Waals surface area contributed by atoms with Gasteiger partial charge >= 0.3 is 6.08 Å². The topological polar surface area (TPSA) is 30.8 Å². The molecule has 0 spiro atoms. The molecular formula is C4H4B3NO2. The molecule has 1 fully saturated rings. The smallest absolute Gasteiger partial charge is 0.381 e. The highest BCUT2D eigenvalue weighted by molar-refractivity contribution is 6.44. The molecule has 1 atom stereocenters. The van der Waals surface area contributed by atoms with Crippen molar-refractivity contribution in [2.24, 2.45) is 4.99 Å². The average molecular weight is 131 g/mol. The van der Waals surface area contributed by atoms with E-state index in [1.165, 1.54) is 7.05 Å². The molecule has 1 saturated heterocycles. The molecular weight excluding hydrogens is 126 g/mol. The van der Waals surface area contributed by atoms with Gasteiger partial charge in [0.05, 0.1) is 11.4 Å². The van der Waals surface area contributed by atoms with Gasteiger partial charge in [0.2, 0.25) is 0 Å². The highest BCUT2D eigenvalue weighted by Gasteiger charge is 2.36. The Balaban J connectivity index is 2.71. The summed E-state index contributed by atoms with van der Waals surface area (Å²) in [6, 6.07) is -0.855. The van der Waals surface area contributed by atoms with Crippen molar-refractivity contribution in [2.45, 2.75) is 11.4 Å². The number of hydrogen-bond acceptors (Lipinski definition) is 3. The molecule has 1 heterocycles. The maximum absolute atomic E-state index is 5.31. The van der Waals surface area contributed by atoms with Crippen LogP contribution in [-0.2, 0) is 9.47 Å². The van der Waals surface area contributed by atoms with Crippen LogP contribution in [0.1, 0.15) is 0 Å². The maximum Gasteiger partial charge on any atom is 0.381 e. The summed E-state index contributed by atoms with van der Waals surface area (Å²) >= 11 is 0. The third kappa shape index (κ3) is 1.15. The normalized spacial score (nSPS) is 33.3. The zero-order valence-electron chi connectivity index (χ0n) is 5.57. The van der Waals surface area contributed by atoms with Crippen molar-refractivity contribution in [2.75, 3.05) is 7.05 Å². The van der Waals surface area contributed by atoms with Crippen LogP contribution in [0.15, 0.2) is 4.99 Å². The van der Waals surface area contributed by atoms with Gasteiger partial charge in [-0.3, -0.25) is 0 Å². The fraction of sp³-hybridized carbons (Fsp3) is 0.750. The second kappa shape index (κ2) is 2.25. The van der Waals surface area contributed by atoms with Gasteiger partial charge in [0.1, 0.15) is 23.5 Å². The van der Waals surface area contributed by atoms with E-state index < -0.39 is 11.4 Å².